The molecule has 0 radical (unpaired) electrons. The third-order valence-electron chi connectivity index (χ3n) is 2.73. The van der Waals surface area contributed by atoms with Crippen LogP contribution in [0.15, 0.2) is 24.3 Å². The molecule has 98 valence electrons. The second kappa shape index (κ2) is 6.70. The smallest absolute Gasteiger partial charge is 0.300 e. The standard InChI is InChI=1S/C12H15NO5/c1-2-3-4-11(12(14)18-17)9-5-7-10(8-6-9)13(15)16/h5-8,11,17H,2-4H2,1H3. The number of hydrogen-bond donors (Lipinski definition) is 1. The number of nitro benzene ring substituents is 1. The molecule has 0 bridgehead atoms. The lowest BCUT2D eigenvalue weighted by Crippen LogP contribution is -2.14. The summed E-state index contributed by atoms with van der Waals surface area (Å²) in [4.78, 5) is 25.2. The van der Waals surface area contributed by atoms with E-state index in [9.17, 15) is 14.9 Å². The molecule has 1 aromatic rings. The lowest BCUT2D eigenvalue weighted by Gasteiger charge is -2.12. The highest BCUT2D eigenvalue weighted by atomic mass is 17.1. The van der Waals surface area contributed by atoms with E-state index in [-0.39, 0.29) is 5.69 Å². The summed E-state index contributed by atoms with van der Waals surface area (Å²) >= 11 is 0. The Morgan fingerprint density at radius 1 is 1.44 bits per heavy atom. The van der Waals surface area contributed by atoms with Gasteiger partial charge < -0.3 is 4.89 Å². The largest absolute Gasteiger partial charge is 0.349 e. The molecule has 18 heavy (non-hydrogen) atoms. The van der Waals surface area contributed by atoms with E-state index in [4.69, 9.17) is 5.26 Å². The molecule has 6 nitrogen and oxygen atoms in total. The molecule has 0 spiro atoms. The Morgan fingerprint density at radius 2 is 2.06 bits per heavy atom. The highest BCUT2D eigenvalue weighted by Gasteiger charge is 2.22. The minimum absolute atomic E-state index is 0.0367. The van der Waals surface area contributed by atoms with Gasteiger partial charge >= 0.3 is 5.97 Å². The second-order valence-corrected chi connectivity index (χ2v) is 3.95. The number of unbranched alkanes of at least 4 members (excludes halogenated alkanes) is 1. The van der Waals surface area contributed by atoms with Gasteiger partial charge in [0.05, 0.1) is 10.8 Å². The molecule has 0 aliphatic carbocycles. The lowest BCUT2D eigenvalue weighted by molar-refractivity contribution is -0.384. The second-order valence-electron chi connectivity index (χ2n) is 3.95. The molecule has 1 N–H and O–H groups in total. The van der Waals surface area contributed by atoms with Crippen LogP contribution in [0.1, 0.15) is 37.7 Å². The summed E-state index contributed by atoms with van der Waals surface area (Å²) in [5.74, 6) is -1.33. The van der Waals surface area contributed by atoms with Crippen LogP contribution in [0.4, 0.5) is 5.69 Å². The van der Waals surface area contributed by atoms with Gasteiger partial charge in [0.2, 0.25) is 0 Å². The Labute approximate surface area is 104 Å². The fourth-order valence-corrected chi connectivity index (χ4v) is 1.72. The molecule has 0 fully saturated rings. The minimum atomic E-state index is -0.739. The quantitative estimate of drug-likeness (QED) is 0.478. The Bertz CT molecular complexity index is 415. The number of nitrogens with zero attached hydrogens (tertiary/aromatic N) is 1. The molecule has 0 amide bonds. The molecular weight excluding hydrogens is 238 g/mol. The van der Waals surface area contributed by atoms with Crippen molar-refractivity contribution in [3.05, 3.63) is 39.9 Å². The normalized spacial score (nSPS) is 11.9. The summed E-state index contributed by atoms with van der Waals surface area (Å²) < 4.78 is 0. The molecule has 1 aromatic carbocycles. The molecule has 0 heterocycles. The van der Waals surface area contributed by atoms with Gasteiger partial charge in [0.1, 0.15) is 0 Å². The maximum absolute atomic E-state index is 11.4. The van der Waals surface area contributed by atoms with Gasteiger partial charge in [-0.2, -0.15) is 5.26 Å². The fourth-order valence-electron chi connectivity index (χ4n) is 1.72. The van der Waals surface area contributed by atoms with E-state index in [1.54, 1.807) is 0 Å². The predicted molar refractivity (Wildman–Crippen MR) is 64.1 cm³/mol. The van der Waals surface area contributed by atoms with Crippen molar-refractivity contribution in [3.63, 3.8) is 0 Å². The Balaban J connectivity index is 2.90. The number of hydrogen-bond acceptors (Lipinski definition) is 5. The van der Waals surface area contributed by atoms with Gasteiger partial charge in [-0.1, -0.05) is 31.9 Å². The lowest BCUT2D eigenvalue weighted by atomic mass is 9.93. The highest BCUT2D eigenvalue weighted by Crippen LogP contribution is 2.25. The first-order valence-electron chi connectivity index (χ1n) is 5.69. The van der Waals surface area contributed by atoms with Crippen molar-refractivity contribution in [1.29, 1.82) is 0 Å². The minimum Gasteiger partial charge on any atom is -0.300 e. The van der Waals surface area contributed by atoms with E-state index in [1.165, 1.54) is 24.3 Å². The Morgan fingerprint density at radius 3 is 2.50 bits per heavy atom. The first-order chi connectivity index (χ1) is 8.60. The van der Waals surface area contributed by atoms with Crippen molar-refractivity contribution in [1.82, 2.24) is 0 Å². The fraction of sp³-hybridized carbons (Fsp3) is 0.417. The molecule has 1 atom stereocenters. The third-order valence-corrected chi connectivity index (χ3v) is 2.73. The van der Waals surface area contributed by atoms with Crippen molar-refractivity contribution >= 4 is 11.7 Å². The molecule has 0 saturated carbocycles. The molecule has 0 aromatic heterocycles. The maximum atomic E-state index is 11.4. The van der Waals surface area contributed by atoms with Crippen LogP contribution in [0.3, 0.4) is 0 Å². The summed E-state index contributed by atoms with van der Waals surface area (Å²) in [5, 5.41) is 19.0. The summed E-state index contributed by atoms with van der Waals surface area (Å²) in [6.07, 6.45) is 2.24. The number of rotatable bonds is 6. The first-order valence-corrected chi connectivity index (χ1v) is 5.69. The number of nitro groups is 1. The summed E-state index contributed by atoms with van der Waals surface area (Å²) in [5.41, 5.74) is 0.568. The van der Waals surface area contributed by atoms with Gasteiger partial charge in [0.15, 0.2) is 0 Å². The van der Waals surface area contributed by atoms with E-state index < -0.39 is 16.8 Å². The SMILES string of the molecule is CCCCC(C(=O)OO)c1ccc([N+](=O)[O-])cc1. The van der Waals surface area contributed by atoms with Crippen molar-refractivity contribution < 1.29 is 19.9 Å². The van der Waals surface area contributed by atoms with Crippen molar-refractivity contribution in [2.24, 2.45) is 0 Å². The van der Waals surface area contributed by atoms with Gasteiger partial charge in [0, 0.05) is 12.1 Å². The zero-order valence-corrected chi connectivity index (χ0v) is 10.0. The van der Waals surface area contributed by atoms with Crippen LogP contribution in [0.2, 0.25) is 0 Å². The Hall–Kier alpha value is -1.95. The third kappa shape index (κ3) is 3.53. The van der Waals surface area contributed by atoms with E-state index in [0.717, 1.165) is 12.8 Å². The van der Waals surface area contributed by atoms with Crippen LogP contribution < -0.4 is 0 Å². The van der Waals surface area contributed by atoms with Gasteiger partial charge in [0.25, 0.3) is 5.69 Å². The number of benzene rings is 1. The van der Waals surface area contributed by atoms with Crippen molar-refractivity contribution in [3.8, 4) is 0 Å². The van der Waals surface area contributed by atoms with Gasteiger partial charge in [-0.3, -0.25) is 10.1 Å². The zero-order chi connectivity index (χ0) is 13.5. The van der Waals surface area contributed by atoms with Gasteiger partial charge in [-0.25, -0.2) is 4.79 Å². The number of non-ortho nitro benzene ring substituents is 1. The molecule has 1 unspecified atom stereocenters. The molecule has 1 rings (SSSR count). The summed E-state index contributed by atoms with van der Waals surface area (Å²) in [6.45, 7) is 1.98. The van der Waals surface area contributed by atoms with Crippen LogP contribution in [0.25, 0.3) is 0 Å². The van der Waals surface area contributed by atoms with Gasteiger partial charge in [-0.15, -0.1) is 0 Å². The maximum Gasteiger partial charge on any atom is 0.349 e. The molecule has 6 heteroatoms. The monoisotopic (exact) mass is 253 g/mol. The predicted octanol–water partition coefficient (Wildman–Crippen LogP) is 2.88. The van der Waals surface area contributed by atoms with Crippen LogP contribution in [-0.4, -0.2) is 16.1 Å². The van der Waals surface area contributed by atoms with E-state index in [1.807, 2.05) is 6.92 Å². The van der Waals surface area contributed by atoms with Crippen molar-refractivity contribution in [2.75, 3.05) is 0 Å². The molecule has 0 saturated heterocycles. The first kappa shape index (κ1) is 14.1. The van der Waals surface area contributed by atoms with Crippen LogP contribution in [0, 0.1) is 10.1 Å². The highest BCUT2D eigenvalue weighted by molar-refractivity contribution is 5.77. The molecule has 0 aliphatic heterocycles. The Kier molecular flexibility index (Phi) is 5.26. The molecule has 0 aliphatic rings. The zero-order valence-electron chi connectivity index (χ0n) is 10.0. The van der Waals surface area contributed by atoms with Crippen LogP contribution in [0.5, 0.6) is 0 Å². The number of carbonyl (C=O) groups is 1. The van der Waals surface area contributed by atoms with Gasteiger partial charge in [-0.05, 0) is 12.0 Å². The molecular formula is C12H15NO5. The van der Waals surface area contributed by atoms with E-state index in [0.29, 0.717) is 12.0 Å². The summed E-state index contributed by atoms with van der Waals surface area (Å²) in [7, 11) is 0. The average Bonchev–Trinajstić information content (AvgIpc) is 2.39. The van der Waals surface area contributed by atoms with Crippen molar-refractivity contribution in [2.45, 2.75) is 32.1 Å². The average molecular weight is 253 g/mol. The number of carbonyl (C=O) groups excluding carboxylic acids is 1. The summed E-state index contributed by atoms with van der Waals surface area (Å²) in [6, 6.07) is 5.68. The van der Waals surface area contributed by atoms with E-state index >= 15 is 0 Å². The topological polar surface area (TPSA) is 89.7 Å². The van der Waals surface area contributed by atoms with Crippen LogP contribution in [-0.2, 0) is 9.68 Å². The van der Waals surface area contributed by atoms with E-state index in [2.05, 4.69) is 4.89 Å². The van der Waals surface area contributed by atoms with Crippen LogP contribution >= 0.6 is 0 Å².